The van der Waals surface area contributed by atoms with Gasteiger partial charge in [0.1, 0.15) is 29.3 Å². The van der Waals surface area contributed by atoms with Gasteiger partial charge in [-0.3, -0.25) is 4.90 Å². The van der Waals surface area contributed by atoms with E-state index in [1.807, 2.05) is 42.5 Å². The fourth-order valence-corrected chi connectivity index (χ4v) is 6.27. The third-order valence-corrected chi connectivity index (χ3v) is 8.95. The standard InChI is InChI=1S/C29H34N6O.3C4H4O4/c1-33-14-16-34(17-15-33)22-6-5-7-23(18-22)35-19-26(27-28(30)31-20-32-29(27)35)21-10-12-25(13-11-21)36-24-8-3-2-4-9-24;3*5-3(6)1-2-4(7)8/h2-4,8-13,19-20,22-23H,5-7,14-18H2,1H3,(H2,30,31,32);3*1-2H,(H,5,6)(H,7,8)/b;3*2-1-. The van der Waals surface area contributed by atoms with Crippen LogP contribution in [0, 0.1) is 0 Å². The van der Waals surface area contributed by atoms with E-state index in [1.165, 1.54) is 19.3 Å². The Morgan fingerprint density at radius 2 is 1.12 bits per heavy atom. The summed E-state index contributed by atoms with van der Waals surface area (Å²) in [6.45, 7) is 4.65. The summed E-state index contributed by atoms with van der Waals surface area (Å²) < 4.78 is 8.37. The van der Waals surface area contributed by atoms with Gasteiger partial charge in [-0.1, -0.05) is 30.3 Å². The van der Waals surface area contributed by atoms with Crippen molar-refractivity contribution in [3.05, 3.63) is 104 Å². The van der Waals surface area contributed by atoms with Gasteiger partial charge in [0.2, 0.25) is 0 Å². The van der Waals surface area contributed by atoms with Crippen LogP contribution >= 0.6 is 0 Å². The first-order valence-corrected chi connectivity index (χ1v) is 18.3. The highest BCUT2D eigenvalue weighted by Crippen LogP contribution is 2.39. The van der Waals surface area contributed by atoms with Gasteiger partial charge in [0, 0.05) is 86.5 Å². The van der Waals surface area contributed by atoms with Gasteiger partial charge in [0.25, 0.3) is 0 Å². The number of likely N-dealkylation sites (N-methyl/N-ethyl adjacent to an activating group) is 1. The fourth-order valence-electron chi connectivity index (χ4n) is 6.27. The maximum atomic E-state index is 9.55. The molecular formula is C41H46N6O13. The average Bonchev–Trinajstić information content (AvgIpc) is 3.61. The predicted molar refractivity (Wildman–Crippen MR) is 217 cm³/mol. The number of carbonyl (C=O) groups is 6. The summed E-state index contributed by atoms with van der Waals surface area (Å²) in [6.07, 6.45) is 12.0. The predicted octanol–water partition coefficient (Wildman–Crippen LogP) is 4.34. The van der Waals surface area contributed by atoms with E-state index in [0.717, 1.165) is 66.3 Å². The Morgan fingerprint density at radius 1 is 0.650 bits per heavy atom. The van der Waals surface area contributed by atoms with Crippen LogP contribution in [0.1, 0.15) is 31.7 Å². The number of aliphatic carboxylic acids is 6. The highest BCUT2D eigenvalue weighted by atomic mass is 16.5. The number of piperazine rings is 1. The molecule has 318 valence electrons. The first-order chi connectivity index (χ1) is 28.5. The van der Waals surface area contributed by atoms with E-state index in [1.54, 1.807) is 6.33 Å². The molecule has 2 unspecified atom stereocenters. The van der Waals surface area contributed by atoms with Crippen LogP contribution in [0.4, 0.5) is 5.82 Å². The van der Waals surface area contributed by atoms with Crippen LogP contribution in [0.5, 0.6) is 11.5 Å². The first-order valence-electron chi connectivity index (χ1n) is 18.3. The van der Waals surface area contributed by atoms with Crippen molar-refractivity contribution in [2.75, 3.05) is 39.0 Å². The highest BCUT2D eigenvalue weighted by Gasteiger charge is 2.31. The second kappa shape index (κ2) is 23.8. The van der Waals surface area contributed by atoms with Gasteiger partial charge in [-0.05, 0) is 62.6 Å². The number of carboxylic acid groups (broad SMARTS) is 6. The Morgan fingerprint density at radius 3 is 1.60 bits per heavy atom. The summed E-state index contributed by atoms with van der Waals surface area (Å²) in [5.41, 5.74) is 9.53. The number of nitrogen functional groups attached to an aromatic ring is 1. The number of hydrogen-bond acceptors (Lipinski definition) is 12. The molecule has 1 aliphatic carbocycles. The number of fused-ring (bicyclic) bond motifs is 1. The van der Waals surface area contributed by atoms with Crippen molar-refractivity contribution in [2.45, 2.75) is 37.8 Å². The highest BCUT2D eigenvalue weighted by molar-refractivity contribution is 6.00. The van der Waals surface area contributed by atoms with Crippen molar-refractivity contribution in [3.63, 3.8) is 0 Å². The summed E-state index contributed by atoms with van der Waals surface area (Å²) >= 11 is 0. The third-order valence-electron chi connectivity index (χ3n) is 8.95. The molecule has 0 spiro atoms. The molecular weight excluding hydrogens is 784 g/mol. The van der Waals surface area contributed by atoms with Crippen molar-refractivity contribution >= 4 is 52.7 Å². The molecule has 2 aromatic carbocycles. The van der Waals surface area contributed by atoms with E-state index in [4.69, 9.17) is 46.1 Å². The molecule has 3 heterocycles. The van der Waals surface area contributed by atoms with Gasteiger partial charge in [-0.15, -0.1) is 0 Å². The van der Waals surface area contributed by atoms with Gasteiger partial charge in [-0.2, -0.15) is 0 Å². The zero-order valence-corrected chi connectivity index (χ0v) is 32.5. The molecule has 0 radical (unpaired) electrons. The fraction of sp³-hybridized carbons (Fsp3) is 0.268. The number of hydrogen-bond donors (Lipinski definition) is 7. The van der Waals surface area contributed by atoms with Crippen LogP contribution < -0.4 is 10.5 Å². The number of nitrogens with two attached hydrogens (primary N) is 1. The van der Waals surface area contributed by atoms with Crippen molar-refractivity contribution < 1.29 is 64.1 Å². The molecule has 8 N–H and O–H groups in total. The Balaban J connectivity index is 0.000000327. The summed E-state index contributed by atoms with van der Waals surface area (Å²) in [6, 6.07) is 19.1. The number of benzene rings is 2. The Labute approximate surface area is 343 Å². The Bertz CT molecular complexity index is 2050. The molecule has 19 heteroatoms. The molecule has 1 saturated heterocycles. The SMILES string of the molecule is CN1CCN(C2CCCC(n3cc(-c4ccc(Oc5ccccc5)cc4)c4c(N)ncnc43)C2)CC1.O=C(O)/C=C\C(=O)O.O=C(O)/C=C\C(=O)O.O=C(O)/C=C\C(=O)O. The van der Waals surface area contributed by atoms with Gasteiger partial charge in [-0.25, -0.2) is 38.7 Å². The van der Waals surface area contributed by atoms with Crippen molar-refractivity contribution in [1.29, 1.82) is 0 Å². The average molecular weight is 831 g/mol. The number of nitrogens with zero attached hydrogens (tertiary/aromatic N) is 5. The summed E-state index contributed by atoms with van der Waals surface area (Å²) in [5.74, 6) is -5.38. The molecule has 2 aromatic heterocycles. The van der Waals surface area contributed by atoms with E-state index in [0.29, 0.717) is 54.4 Å². The van der Waals surface area contributed by atoms with Gasteiger partial charge in [0.15, 0.2) is 0 Å². The second-order valence-electron chi connectivity index (χ2n) is 13.2. The second-order valence-corrected chi connectivity index (χ2v) is 13.2. The van der Waals surface area contributed by atoms with Crippen LogP contribution in [0.2, 0.25) is 0 Å². The molecule has 0 bridgehead atoms. The van der Waals surface area contributed by atoms with E-state index >= 15 is 0 Å². The van der Waals surface area contributed by atoms with Crippen molar-refractivity contribution in [1.82, 2.24) is 24.3 Å². The Hall–Kier alpha value is -7.38. The number of para-hydroxylation sites is 1. The third kappa shape index (κ3) is 16.2. The minimum Gasteiger partial charge on any atom is -0.478 e. The number of rotatable bonds is 11. The lowest BCUT2D eigenvalue weighted by atomic mass is 9.89. The van der Waals surface area contributed by atoms with Gasteiger partial charge < -0.3 is 50.6 Å². The molecule has 60 heavy (non-hydrogen) atoms. The zero-order chi connectivity index (χ0) is 44.2. The lowest BCUT2D eigenvalue weighted by molar-refractivity contribution is -0.134. The molecule has 2 atom stereocenters. The van der Waals surface area contributed by atoms with E-state index < -0.39 is 35.8 Å². The summed E-state index contributed by atoms with van der Waals surface area (Å²) in [4.78, 5) is 71.5. The minimum absolute atomic E-state index is 0.412. The van der Waals surface area contributed by atoms with Crippen LogP contribution in [0.25, 0.3) is 22.2 Å². The van der Waals surface area contributed by atoms with Gasteiger partial charge in [0.05, 0.1) is 5.39 Å². The lowest BCUT2D eigenvalue weighted by Crippen LogP contribution is -2.50. The van der Waals surface area contributed by atoms with E-state index in [-0.39, 0.29) is 0 Å². The molecule has 4 aromatic rings. The molecule has 2 aliphatic rings. The smallest absolute Gasteiger partial charge is 0.328 e. The van der Waals surface area contributed by atoms with Crippen molar-refractivity contribution in [2.24, 2.45) is 0 Å². The number of carboxylic acids is 6. The van der Waals surface area contributed by atoms with Crippen molar-refractivity contribution in [3.8, 4) is 22.6 Å². The number of ether oxygens (including phenoxy) is 1. The van der Waals surface area contributed by atoms with E-state index in [2.05, 4.69) is 44.7 Å². The zero-order valence-electron chi connectivity index (χ0n) is 32.5. The molecule has 19 nitrogen and oxygen atoms in total. The Kier molecular flexibility index (Phi) is 18.6. The first kappa shape index (κ1) is 47.0. The van der Waals surface area contributed by atoms with E-state index in [9.17, 15) is 28.8 Å². The monoisotopic (exact) mass is 830 g/mol. The van der Waals surface area contributed by atoms with Crippen LogP contribution in [-0.4, -0.2) is 130 Å². The number of anilines is 1. The lowest BCUT2D eigenvalue weighted by Gasteiger charge is -2.41. The van der Waals surface area contributed by atoms with Crippen LogP contribution in [0.15, 0.2) is 104 Å². The largest absolute Gasteiger partial charge is 0.478 e. The van der Waals surface area contributed by atoms with Gasteiger partial charge >= 0.3 is 35.8 Å². The summed E-state index contributed by atoms with van der Waals surface area (Å²) in [7, 11) is 2.22. The summed E-state index contributed by atoms with van der Waals surface area (Å²) in [5, 5.41) is 47.8. The maximum Gasteiger partial charge on any atom is 0.328 e. The maximum absolute atomic E-state index is 9.55. The normalized spacial score (nSPS) is 16.8. The topological polar surface area (TPSA) is 296 Å². The van der Waals surface area contributed by atoms with Crippen LogP contribution in [-0.2, 0) is 28.8 Å². The molecule has 6 rings (SSSR count). The molecule has 2 fully saturated rings. The molecule has 1 aliphatic heterocycles. The molecule has 1 saturated carbocycles. The molecule has 0 amide bonds. The minimum atomic E-state index is -1.26. The quantitative estimate of drug-likeness (QED) is 0.103. The van der Waals surface area contributed by atoms with Crippen LogP contribution in [0.3, 0.4) is 0 Å². The number of aromatic nitrogens is 3.